The highest BCUT2D eigenvalue weighted by Gasteiger charge is 2.12. The summed E-state index contributed by atoms with van der Waals surface area (Å²) < 4.78 is 1.59. The molecule has 0 fully saturated rings. The Bertz CT molecular complexity index is 1330. The maximum absolute atomic E-state index is 12.7. The summed E-state index contributed by atoms with van der Waals surface area (Å²) in [6, 6.07) is 20.2. The summed E-state index contributed by atoms with van der Waals surface area (Å²) in [5.74, 6) is 0.413. The Labute approximate surface area is 184 Å². The average Bonchev–Trinajstić information content (AvgIpc) is 2.77. The van der Waals surface area contributed by atoms with Gasteiger partial charge < -0.3 is 11.1 Å². The van der Waals surface area contributed by atoms with Crippen LogP contribution in [0.5, 0.6) is 0 Å². The lowest BCUT2D eigenvalue weighted by molar-refractivity contribution is 0.102. The van der Waals surface area contributed by atoms with E-state index in [2.05, 4.69) is 10.3 Å². The molecular formula is C24H22N4O2S. The molecule has 0 aliphatic heterocycles. The maximum Gasteiger partial charge on any atom is 0.262 e. The van der Waals surface area contributed by atoms with Gasteiger partial charge in [-0.1, -0.05) is 48.2 Å². The molecule has 3 N–H and O–H groups in total. The number of carbonyl (C=O) groups excluding carboxylic acids is 1. The number of nitrogens with one attached hydrogen (secondary N) is 1. The Morgan fingerprint density at radius 1 is 1.06 bits per heavy atom. The van der Waals surface area contributed by atoms with E-state index in [0.29, 0.717) is 38.8 Å². The molecule has 1 amide bonds. The minimum Gasteiger partial charge on any atom is -0.397 e. The number of rotatable bonds is 5. The monoisotopic (exact) mass is 430 g/mol. The van der Waals surface area contributed by atoms with Crippen LogP contribution in [0.2, 0.25) is 0 Å². The normalized spacial score (nSPS) is 10.9. The summed E-state index contributed by atoms with van der Waals surface area (Å²) >= 11 is 1.49. The molecular weight excluding hydrogens is 408 g/mol. The van der Waals surface area contributed by atoms with E-state index in [9.17, 15) is 9.59 Å². The molecule has 0 spiro atoms. The topological polar surface area (TPSA) is 90.0 Å². The number of nitrogens with zero attached hydrogens (tertiary/aromatic N) is 2. The zero-order valence-electron chi connectivity index (χ0n) is 17.3. The van der Waals surface area contributed by atoms with Crippen molar-refractivity contribution in [1.29, 1.82) is 0 Å². The summed E-state index contributed by atoms with van der Waals surface area (Å²) in [5.41, 5.74) is 10.2. The Balaban J connectivity index is 1.48. The number of aromatic nitrogens is 2. The second-order valence-electron chi connectivity index (χ2n) is 7.25. The number of thioether (sulfide) groups is 1. The summed E-state index contributed by atoms with van der Waals surface area (Å²) in [6.07, 6.45) is 0. The standard InChI is InChI=1S/C24H22N4O2S/c1-15-6-5-9-20-21(15)23(30)28(2)24(27-20)31-14-16-10-12-17(13-11-16)22(29)26-19-8-4-3-7-18(19)25/h3-13H,14,25H2,1-2H3,(H,26,29). The fourth-order valence-corrected chi connectivity index (χ4v) is 4.22. The van der Waals surface area contributed by atoms with Crippen LogP contribution in [-0.2, 0) is 12.8 Å². The van der Waals surface area contributed by atoms with Crippen LogP contribution < -0.4 is 16.6 Å². The van der Waals surface area contributed by atoms with Gasteiger partial charge in [-0.15, -0.1) is 0 Å². The third kappa shape index (κ3) is 4.32. The van der Waals surface area contributed by atoms with E-state index in [-0.39, 0.29) is 11.5 Å². The van der Waals surface area contributed by atoms with Crippen LogP contribution in [0.25, 0.3) is 10.9 Å². The number of fused-ring (bicyclic) bond motifs is 1. The van der Waals surface area contributed by atoms with Gasteiger partial charge in [-0.2, -0.15) is 0 Å². The molecule has 0 bridgehead atoms. The third-order valence-corrected chi connectivity index (χ3v) is 6.17. The highest BCUT2D eigenvalue weighted by molar-refractivity contribution is 7.98. The van der Waals surface area contributed by atoms with Crippen molar-refractivity contribution in [1.82, 2.24) is 9.55 Å². The fourth-order valence-electron chi connectivity index (χ4n) is 3.29. The smallest absolute Gasteiger partial charge is 0.262 e. The number of nitrogen functional groups attached to an aromatic ring is 1. The first-order valence-electron chi connectivity index (χ1n) is 9.78. The average molecular weight is 431 g/mol. The number of amides is 1. The summed E-state index contributed by atoms with van der Waals surface area (Å²) in [7, 11) is 1.74. The van der Waals surface area contributed by atoms with E-state index >= 15 is 0 Å². The Morgan fingerprint density at radius 3 is 2.55 bits per heavy atom. The van der Waals surface area contributed by atoms with Gasteiger partial charge in [0.2, 0.25) is 0 Å². The molecule has 0 radical (unpaired) electrons. The lowest BCUT2D eigenvalue weighted by atomic mass is 10.1. The zero-order chi connectivity index (χ0) is 22.0. The van der Waals surface area contributed by atoms with Gasteiger partial charge in [-0.3, -0.25) is 14.2 Å². The van der Waals surface area contributed by atoms with Crippen LogP contribution in [0.3, 0.4) is 0 Å². The van der Waals surface area contributed by atoms with Gasteiger partial charge in [0.15, 0.2) is 5.16 Å². The van der Waals surface area contributed by atoms with E-state index in [1.165, 1.54) is 11.8 Å². The number of anilines is 2. The minimum absolute atomic E-state index is 0.0437. The van der Waals surface area contributed by atoms with Crippen molar-refractivity contribution in [2.24, 2.45) is 7.05 Å². The fraction of sp³-hybridized carbons (Fsp3) is 0.125. The van der Waals surface area contributed by atoms with Gasteiger partial charge in [0, 0.05) is 18.4 Å². The van der Waals surface area contributed by atoms with Crippen molar-refractivity contribution in [2.75, 3.05) is 11.1 Å². The number of benzene rings is 3. The molecule has 4 rings (SSSR count). The van der Waals surface area contributed by atoms with Crippen molar-refractivity contribution >= 4 is 39.9 Å². The van der Waals surface area contributed by atoms with Crippen LogP contribution in [-0.4, -0.2) is 15.5 Å². The second-order valence-corrected chi connectivity index (χ2v) is 8.20. The van der Waals surface area contributed by atoms with Crippen molar-refractivity contribution < 1.29 is 4.79 Å². The summed E-state index contributed by atoms with van der Waals surface area (Å²) in [4.78, 5) is 29.9. The van der Waals surface area contributed by atoms with Crippen LogP contribution >= 0.6 is 11.8 Å². The van der Waals surface area contributed by atoms with Gasteiger partial charge in [0.25, 0.3) is 11.5 Å². The molecule has 7 heteroatoms. The van der Waals surface area contributed by atoms with Crippen molar-refractivity contribution in [3.8, 4) is 0 Å². The van der Waals surface area contributed by atoms with E-state index in [1.807, 2.05) is 49.4 Å². The first-order chi connectivity index (χ1) is 14.9. The highest BCUT2D eigenvalue weighted by Crippen LogP contribution is 2.23. The predicted molar refractivity (Wildman–Crippen MR) is 127 cm³/mol. The van der Waals surface area contributed by atoms with Crippen LogP contribution in [0.4, 0.5) is 11.4 Å². The van der Waals surface area contributed by atoms with E-state index in [0.717, 1.165) is 11.1 Å². The molecule has 0 unspecified atom stereocenters. The molecule has 1 heterocycles. The highest BCUT2D eigenvalue weighted by atomic mass is 32.2. The van der Waals surface area contributed by atoms with Gasteiger partial charge in [-0.25, -0.2) is 4.98 Å². The quantitative estimate of drug-likeness (QED) is 0.279. The Morgan fingerprint density at radius 2 is 1.81 bits per heavy atom. The Hall–Kier alpha value is -3.58. The van der Waals surface area contributed by atoms with E-state index < -0.39 is 0 Å². The molecule has 6 nitrogen and oxygen atoms in total. The predicted octanol–water partition coefficient (Wildman–Crippen LogP) is 4.37. The van der Waals surface area contributed by atoms with E-state index in [4.69, 9.17) is 5.73 Å². The van der Waals surface area contributed by atoms with Gasteiger partial charge >= 0.3 is 0 Å². The maximum atomic E-state index is 12.7. The van der Waals surface area contributed by atoms with Crippen LogP contribution in [0.1, 0.15) is 21.5 Å². The molecule has 0 saturated heterocycles. The SMILES string of the molecule is Cc1cccc2nc(SCc3ccc(C(=O)Nc4ccccc4N)cc3)n(C)c(=O)c12. The number of para-hydroxylation sites is 2. The first kappa shape index (κ1) is 20.7. The van der Waals surface area contributed by atoms with Crippen molar-refractivity contribution in [3.05, 3.63) is 93.8 Å². The van der Waals surface area contributed by atoms with Gasteiger partial charge in [0.05, 0.1) is 22.3 Å². The van der Waals surface area contributed by atoms with Crippen molar-refractivity contribution in [3.63, 3.8) is 0 Å². The first-order valence-corrected chi connectivity index (χ1v) is 10.8. The number of hydrogen-bond acceptors (Lipinski definition) is 5. The summed E-state index contributed by atoms with van der Waals surface area (Å²) in [5, 5.41) is 4.14. The number of aryl methyl sites for hydroxylation is 1. The largest absolute Gasteiger partial charge is 0.397 e. The minimum atomic E-state index is -0.217. The van der Waals surface area contributed by atoms with Crippen LogP contribution in [0.15, 0.2) is 76.7 Å². The summed E-state index contributed by atoms with van der Waals surface area (Å²) in [6.45, 7) is 1.92. The second kappa shape index (κ2) is 8.65. The molecule has 1 aromatic heterocycles. The van der Waals surface area contributed by atoms with Gasteiger partial charge in [-0.05, 0) is 48.4 Å². The number of hydrogen-bond donors (Lipinski definition) is 2. The third-order valence-electron chi connectivity index (χ3n) is 5.07. The van der Waals surface area contributed by atoms with Crippen molar-refractivity contribution in [2.45, 2.75) is 17.8 Å². The molecule has 0 aliphatic carbocycles. The molecule has 4 aromatic rings. The van der Waals surface area contributed by atoms with E-state index in [1.54, 1.807) is 35.9 Å². The van der Waals surface area contributed by atoms with Crippen LogP contribution in [0, 0.1) is 6.92 Å². The van der Waals surface area contributed by atoms with Gasteiger partial charge in [0.1, 0.15) is 0 Å². The number of carbonyl (C=O) groups is 1. The molecule has 0 aliphatic rings. The molecule has 31 heavy (non-hydrogen) atoms. The molecule has 0 atom stereocenters. The molecule has 0 saturated carbocycles. The zero-order valence-corrected chi connectivity index (χ0v) is 18.1. The number of nitrogens with two attached hydrogens (primary N) is 1. The molecule has 3 aromatic carbocycles. The lowest BCUT2D eigenvalue weighted by Crippen LogP contribution is -2.20. The lowest BCUT2D eigenvalue weighted by Gasteiger charge is -2.10. The Kier molecular flexibility index (Phi) is 5.77. The molecule has 156 valence electrons.